The van der Waals surface area contributed by atoms with Crippen LogP contribution >= 0.6 is 22.9 Å². The Hall–Kier alpha value is -4.91. The number of thiophene rings is 1. The van der Waals surface area contributed by atoms with Crippen molar-refractivity contribution in [2.24, 2.45) is 0 Å². The average Bonchev–Trinajstić information content (AvgIpc) is 3.60. The molecular formula is C36H25ClN2O3S. The van der Waals surface area contributed by atoms with E-state index in [1.54, 1.807) is 13.2 Å². The van der Waals surface area contributed by atoms with Gasteiger partial charge in [0.2, 0.25) is 0 Å². The Bertz CT molecular complexity index is 2150. The van der Waals surface area contributed by atoms with Crippen LogP contribution in [0.2, 0.25) is 5.02 Å². The number of hydrogen-bond acceptors (Lipinski definition) is 4. The molecule has 0 radical (unpaired) electrons. The number of pyridine rings is 1. The lowest BCUT2D eigenvalue weighted by molar-refractivity contribution is 0.0702. The minimum absolute atomic E-state index is 0.308. The van der Waals surface area contributed by atoms with E-state index in [1.165, 1.54) is 11.3 Å². The second-order valence-corrected chi connectivity index (χ2v) is 11.7. The van der Waals surface area contributed by atoms with Crippen LogP contribution in [0.15, 0.2) is 115 Å². The van der Waals surface area contributed by atoms with E-state index in [1.807, 2.05) is 72.8 Å². The molecule has 4 aromatic carbocycles. The Balaban J connectivity index is 1.46. The smallest absolute Gasteiger partial charge is 0.345 e. The van der Waals surface area contributed by atoms with E-state index in [2.05, 4.69) is 41.0 Å². The zero-order valence-corrected chi connectivity index (χ0v) is 24.7. The predicted octanol–water partition coefficient (Wildman–Crippen LogP) is 9.66. The third-order valence-electron chi connectivity index (χ3n) is 7.60. The predicted molar refractivity (Wildman–Crippen MR) is 175 cm³/mol. The van der Waals surface area contributed by atoms with E-state index in [-0.39, 0.29) is 0 Å². The summed E-state index contributed by atoms with van der Waals surface area (Å²) < 4.78 is 8.67. The molecule has 0 aliphatic rings. The fraction of sp³-hybridized carbons (Fsp3) is 0.0556. The third kappa shape index (κ3) is 4.95. The molecule has 7 rings (SSSR count). The lowest BCUT2D eigenvalue weighted by Crippen LogP contribution is -2.03. The van der Waals surface area contributed by atoms with Crippen LogP contribution < -0.4 is 4.74 Å². The summed E-state index contributed by atoms with van der Waals surface area (Å²) in [4.78, 5) is 17.3. The normalized spacial score (nSPS) is 11.3. The Morgan fingerprint density at radius 2 is 1.70 bits per heavy atom. The number of carbonyl (C=O) groups is 1. The van der Waals surface area contributed by atoms with Gasteiger partial charge in [-0.1, -0.05) is 84.4 Å². The summed E-state index contributed by atoms with van der Waals surface area (Å²) in [7, 11) is 1.66. The number of halogens is 1. The van der Waals surface area contributed by atoms with Crippen LogP contribution in [0.3, 0.4) is 0 Å². The number of rotatable bonds is 7. The number of nitrogens with zero attached hydrogens (tertiary/aromatic N) is 2. The maximum atomic E-state index is 12.1. The lowest BCUT2D eigenvalue weighted by Gasteiger charge is -2.15. The number of aromatic nitrogens is 2. The highest BCUT2D eigenvalue weighted by Crippen LogP contribution is 2.45. The molecule has 0 spiro atoms. The van der Waals surface area contributed by atoms with Gasteiger partial charge in [-0.25, -0.2) is 9.78 Å². The zero-order valence-electron chi connectivity index (χ0n) is 23.1. The molecule has 0 atom stereocenters. The first-order valence-corrected chi connectivity index (χ1v) is 14.9. The fourth-order valence-electron chi connectivity index (χ4n) is 5.61. The largest absolute Gasteiger partial charge is 0.497 e. The van der Waals surface area contributed by atoms with Crippen molar-refractivity contribution in [3.05, 3.63) is 131 Å². The summed E-state index contributed by atoms with van der Waals surface area (Å²) in [6, 6.07) is 38.0. The Labute approximate surface area is 257 Å². The van der Waals surface area contributed by atoms with E-state index in [9.17, 15) is 9.90 Å². The molecule has 3 heterocycles. The maximum absolute atomic E-state index is 12.1. The number of ether oxygens (including phenoxy) is 1. The van der Waals surface area contributed by atoms with E-state index >= 15 is 0 Å². The molecule has 210 valence electrons. The van der Waals surface area contributed by atoms with Crippen molar-refractivity contribution in [2.75, 3.05) is 7.11 Å². The molecule has 0 saturated heterocycles. The Morgan fingerprint density at radius 1 is 0.884 bits per heavy atom. The van der Waals surface area contributed by atoms with Gasteiger partial charge in [0.25, 0.3) is 0 Å². The molecule has 3 aromatic heterocycles. The zero-order chi connectivity index (χ0) is 29.5. The molecule has 0 aliphatic heterocycles. The van der Waals surface area contributed by atoms with E-state index < -0.39 is 5.97 Å². The number of benzene rings is 4. The molecule has 43 heavy (non-hydrogen) atoms. The average molecular weight is 601 g/mol. The van der Waals surface area contributed by atoms with Gasteiger partial charge in [0.15, 0.2) is 0 Å². The summed E-state index contributed by atoms with van der Waals surface area (Å²) in [5.74, 6) is -0.158. The van der Waals surface area contributed by atoms with Gasteiger partial charge < -0.3 is 14.4 Å². The highest BCUT2D eigenvalue weighted by atomic mass is 35.5. The number of carboxylic acids is 1. The van der Waals surface area contributed by atoms with Gasteiger partial charge >= 0.3 is 5.97 Å². The molecule has 0 aliphatic carbocycles. The molecule has 0 amide bonds. The molecule has 0 bridgehead atoms. The SMILES string of the molecule is COc1cccc(Cn2c(-c3ccc4nc(-c5ccccc5Cl)ccc4c3)c(-c3ccccc3)c3sc(C(=O)O)cc32)c1. The number of hydrogen-bond donors (Lipinski definition) is 1. The second kappa shape index (κ2) is 11.1. The Morgan fingerprint density at radius 3 is 2.49 bits per heavy atom. The Kier molecular flexibility index (Phi) is 6.93. The van der Waals surface area contributed by atoms with Crippen molar-refractivity contribution >= 4 is 50.0 Å². The molecule has 1 N–H and O–H groups in total. The highest BCUT2D eigenvalue weighted by molar-refractivity contribution is 7.21. The number of fused-ring (bicyclic) bond motifs is 2. The van der Waals surface area contributed by atoms with Gasteiger partial charge in [-0.05, 0) is 59.2 Å². The van der Waals surface area contributed by atoms with Gasteiger partial charge in [0.1, 0.15) is 10.6 Å². The van der Waals surface area contributed by atoms with Crippen molar-refractivity contribution in [1.82, 2.24) is 9.55 Å². The molecular weight excluding hydrogens is 576 g/mol. The molecule has 0 unspecified atom stereocenters. The first-order chi connectivity index (χ1) is 21.0. The maximum Gasteiger partial charge on any atom is 0.345 e. The van der Waals surface area contributed by atoms with Crippen LogP contribution in [-0.4, -0.2) is 27.7 Å². The van der Waals surface area contributed by atoms with E-state index in [0.29, 0.717) is 16.4 Å². The van der Waals surface area contributed by atoms with Crippen LogP contribution in [0.25, 0.3) is 54.8 Å². The molecule has 0 saturated carbocycles. The first-order valence-electron chi connectivity index (χ1n) is 13.7. The number of aromatic carboxylic acids is 1. The van der Waals surface area contributed by atoms with Gasteiger partial charge in [-0.3, -0.25) is 0 Å². The molecule has 7 heteroatoms. The first kappa shape index (κ1) is 27.0. The van der Waals surface area contributed by atoms with Crippen LogP contribution in [0.5, 0.6) is 5.75 Å². The van der Waals surface area contributed by atoms with E-state index in [4.69, 9.17) is 21.3 Å². The quantitative estimate of drug-likeness (QED) is 0.198. The van der Waals surface area contributed by atoms with Crippen molar-refractivity contribution in [3.63, 3.8) is 0 Å². The minimum Gasteiger partial charge on any atom is -0.497 e. The minimum atomic E-state index is -0.930. The standard InChI is InChI=1S/C36H25ClN2O3S/c1-42-26-11-7-8-22(18-26)21-39-31-20-32(36(40)41)43-35(31)33(23-9-3-2-4-10-23)34(39)25-15-16-29-24(19-25)14-17-30(38-29)27-12-5-6-13-28(27)37/h2-20H,21H2,1H3,(H,40,41). The lowest BCUT2D eigenvalue weighted by atomic mass is 9.99. The summed E-state index contributed by atoms with van der Waals surface area (Å²) in [6.07, 6.45) is 0. The van der Waals surface area contributed by atoms with E-state index in [0.717, 1.165) is 66.1 Å². The van der Waals surface area contributed by atoms with Crippen LogP contribution in [0.4, 0.5) is 0 Å². The topological polar surface area (TPSA) is 64.4 Å². The monoisotopic (exact) mass is 600 g/mol. The molecule has 0 fully saturated rings. The molecule has 7 aromatic rings. The summed E-state index contributed by atoms with van der Waals surface area (Å²) in [5.41, 5.74) is 8.57. The van der Waals surface area contributed by atoms with Crippen molar-refractivity contribution < 1.29 is 14.6 Å². The van der Waals surface area contributed by atoms with Gasteiger partial charge in [-0.2, -0.15) is 0 Å². The van der Waals surface area contributed by atoms with Gasteiger partial charge in [-0.15, -0.1) is 11.3 Å². The van der Waals surface area contributed by atoms with Gasteiger partial charge in [0.05, 0.1) is 34.2 Å². The second-order valence-electron chi connectivity index (χ2n) is 10.2. The van der Waals surface area contributed by atoms with Crippen LogP contribution in [-0.2, 0) is 6.54 Å². The highest BCUT2D eigenvalue weighted by Gasteiger charge is 2.24. The van der Waals surface area contributed by atoms with Crippen LogP contribution in [0.1, 0.15) is 15.2 Å². The summed E-state index contributed by atoms with van der Waals surface area (Å²) in [6.45, 7) is 0.535. The van der Waals surface area contributed by atoms with Crippen molar-refractivity contribution in [1.29, 1.82) is 0 Å². The fourth-order valence-corrected chi connectivity index (χ4v) is 6.91. The summed E-state index contributed by atoms with van der Waals surface area (Å²) >= 11 is 7.78. The summed E-state index contributed by atoms with van der Waals surface area (Å²) in [5, 5.41) is 11.6. The third-order valence-corrected chi connectivity index (χ3v) is 9.06. The number of methoxy groups -OCH3 is 1. The van der Waals surface area contributed by atoms with Crippen molar-refractivity contribution in [3.8, 4) is 39.4 Å². The van der Waals surface area contributed by atoms with Crippen LogP contribution in [0, 0.1) is 0 Å². The van der Waals surface area contributed by atoms with Crippen molar-refractivity contribution in [2.45, 2.75) is 6.54 Å². The molecule has 5 nitrogen and oxygen atoms in total. The number of carboxylic acid groups (broad SMARTS) is 1. The van der Waals surface area contributed by atoms with Gasteiger partial charge in [0, 0.05) is 28.1 Å².